The lowest BCUT2D eigenvalue weighted by Crippen LogP contribution is -2.48. The van der Waals surface area contributed by atoms with Crippen LogP contribution in [-0.4, -0.2) is 22.5 Å². The number of benzene rings is 2. The number of rotatable bonds is 3. The zero-order chi connectivity index (χ0) is 22.5. The number of aliphatic hydroxyl groups excluding tert-OH is 1. The van der Waals surface area contributed by atoms with Gasteiger partial charge in [0.05, 0.1) is 6.10 Å². The third-order valence-corrected chi connectivity index (χ3v) is 8.43. The summed E-state index contributed by atoms with van der Waals surface area (Å²) in [4.78, 5) is 4.77. The van der Waals surface area contributed by atoms with Gasteiger partial charge in [-0.15, -0.1) is 0 Å². The van der Waals surface area contributed by atoms with Gasteiger partial charge in [0, 0.05) is 23.8 Å². The first-order valence-electron chi connectivity index (χ1n) is 12.6. The Morgan fingerprint density at radius 2 is 1.59 bits per heavy atom. The van der Waals surface area contributed by atoms with Crippen molar-refractivity contribution in [3.8, 4) is 5.75 Å². The van der Waals surface area contributed by atoms with Crippen molar-refractivity contribution in [1.82, 2.24) is 0 Å². The lowest BCUT2D eigenvalue weighted by molar-refractivity contribution is -0.00616. The van der Waals surface area contributed by atoms with E-state index in [1.807, 2.05) is 38.3 Å². The van der Waals surface area contributed by atoms with E-state index in [0.29, 0.717) is 12.2 Å². The van der Waals surface area contributed by atoms with Crippen LogP contribution in [0.1, 0.15) is 86.2 Å². The molecular formula is C29H37NO2. The highest BCUT2D eigenvalue weighted by Crippen LogP contribution is 2.62. The highest BCUT2D eigenvalue weighted by atomic mass is 16.3. The van der Waals surface area contributed by atoms with Gasteiger partial charge in [-0.3, -0.25) is 4.99 Å². The second-order valence-corrected chi connectivity index (χ2v) is 10.6. The number of phenolic OH excluding ortho intramolecular Hbond substituents is 1. The van der Waals surface area contributed by atoms with Crippen LogP contribution < -0.4 is 0 Å². The lowest BCUT2D eigenvalue weighted by Gasteiger charge is -2.57. The molecule has 2 unspecified atom stereocenters. The molecule has 32 heavy (non-hydrogen) atoms. The molecule has 5 aliphatic carbocycles. The van der Waals surface area contributed by atoms with Gasteiger partial charge in [0.1, 0.15) is 11.8 Å². The maximum Gasteiger partial charge on any atom is 0.128 e. The van der Waals surface area contributed by atoms with Crippen molar-refractivity contribution < 1.29 is 10.2 Å². The summed E-state index contributed by atoms with van der Waals surface area (Å²) in [5, 5.41) is 21.9. The Bertz CT molecular complexity index is 989. The fourth-order valence-corrected chi connectivity index (χ4v) is 7.64. The Labute approximate surface area is 192 Å². The molecule has 2 N–H and O–H groups in total. The summed E-state index contributed by atoms with van der Waals surface area (Å²) in [6.45, 7) is 6.13. The molecule has 4 fully saturated rings. The van der Waals surface area contributed by atoms with Crippen LogP contribution in [0.4, 0.5) is 0 Å². The lowest BCUT2D eigenvalue weighted by atomic mass is 9.48. The van der Waals surface area contributed by atoms with Crippen molar-refractivity contribution >= 4 is 6.21 Å². The van der Waals surface area contributed by atoms with Gasteiger partial charge in [-0.05, 0) is 91.4 Å². The van der Waals surface area contributed by atoms with Gasteiger partial charge in [0.25, 0.3) is 0 Å². The number of hydrogen-bond donors (Lipinski definition) is 2. The van der Waals surface area contributed by atoms with Crippen LogP contribution in [0.5, 0.6) is 5.75 Å². The van der Waals surface area contributed by atoms with Crippen molar-refractivity contribution in [2.45, 2.75) is 83.3 Å². The topological polar surface area (TPSA) is 52.8 Å². The standard InChI is InChI=1S/C27H31NO2.C2H6/c1-16-6-21(15-28-25-22-5-3-2-4-20(22)11-24(25)29)26(30)23(7-16)27-12-17-8-18(13-27)10-19(9-17)14-27;1-2/h2-7,15,17-19,24-25,29-30H,8-14H2,1H3;1-2H3. The van der Waals surface area contributed by atoms with Crippen LogP contribution >= 0.6 is 0 Å². The third kappa shape index (κ3) is 3.59. The van der Waals surface area contributed by atoms with Crippen molar-refractivity contribution in [2.24, 2.45) is 22.7 Å². The summed E-state index contributed by atoms with van der Waals surface area (Å²) < 4.78 is 0. The molecule has 3 heteroatoms. The van der Waals surface area contributed by atoms with E-state index in [2.05, 4.69) is 25.1 Å². The minimum atomic E-state index is -0.492. The molecular weight excluding hydrogens is 394 g/mol. The van der Waals surface area contributed by atoms with E-state index in [9.17, 15) is 10.2 Å². The maximum absolute atomic E-state index is 11.4. The molecule has 0 heterocycles. The summed E-state index contributed by atoms with van der Waals surface area (Å²) >= 11 is 0. The molecule has 2 aromatic rings. The molecule has 170 valence electrons. The number of aliphatic imine (C=N–C) groups is 1. The van der Waals surface area contributed by atoms with Crippen LogP contribution in [0.15, 0.2) is 41.4 Å². The van der Waals surface area contributed by atoms with Crippen molar-refractivity contribution in [3.05, 3.63) is 64.2 Å². The van der Waals surface area contributed by atoms with Crippen molar-refractivity contribution in [3.63, 3.8) is 0 Å². The molecule has 3 nitrogen and oxygen atoms in total. The smallest absolute Gasteiger partial charge is 0.128 e. The highest BCUT2D eigenvalue weighted by Gasteiger charge is 2.52. The minimum Gasteiger partial charge on any atom is -0.507 e. The number of aromatic hydroxyl groups is 1. The third-order valence-electron chi connectivity index (χ3n) is 8.43. The Morgan fingerprint density at radius 1 is 0.969 bits per heavy atom. The molecule has 0 amide bonds. The molecule has 5 aliphatic rings. The van der Waals surface area contributed by atoms with E-state index in [1.165, 1.54) is 49.7 Å². The van der Waals surface area contributed by atoms with Gasteiger partial charge < -0.3 is 10.2 Å². The van der Waals surface area contributed by atoms with Gasteiger partial charge in [0.15, 0.2) is 0 Å². The van der Waals surface area contributed by atoms with Gasteiger partial charge in [-0.2, -0.15) is 0 Å². The van der Waals surface area contributed by atoms with Gasteiger partial charge in [-0.25, -0.2) is 0 Å². The second-order valence-electron chi connectivity index (χ2n) is 10.6. The maximum atomic E-state index is 11.4. The SMILES string of the molecule is CC.Cc1cc(C=NC2c3ccccc3CC2O)c(O)c(C23CC4CC(CC(C4)C2)C3)c1. The van der Waals surface area contributed by atoms with Gasteiger partial charge in [-0.1, -0.05) is 44.2 Å². The number of fused-ring (bicyclic) bond motifs is 1. The van der Waals surface area contributed by atoms with Gasteiger partial charge >= 0.3 is 0 Å². The van der Waals surface area contributed by atoms with Crippen molar-refractivity contribution in [1.29, 1.82) is 0 Å². The van der Waals surface area contributed by atoms with Crippen LogP contribution in [0.3, 0.4) is 0 Å². The molecule has 0 aromatic heterocycles. The van der Waals surface area contributed by atoms with Crippen LogP contribution in [0, 0.1) is 24.7 Å². The quantitative estimate of drug-likeness (QED) is 0.563. The highest BCUT2D eigenvalue weighted by molar-refractivity contribution is 5.85. The van der Waals surface area contributed by atoms with E-state index in [-0.39, 0.29) is 11.5 Å². The molecule has 4 bridgehead atoms. The van der Waals surface area contributed by atoms with E-state index in [1.54, 1.807) is 0 Å². The monoisotopic (exact) mass is 431 g/mol. The Balaban J connectivity index is 0.00000105. The summed E-state index contributed by atoms with van der Waals surface area (Å²) in [6.07, 6.45) is 9.88. The first-order chi connectivity index (χ1) is 15.5. The van der Waals surface area contributed by atoms with E-state index >= 15 is 0 Å². The fraction of sp³-hybridized carbons (Fsp3) is 0.552. The molecule has 7 rings (SSSR count). The normalized spacial score (nSPS) is 34.4. The van der Waals surface area contributed by atoms with Crippen LogP contribution in [0.25, 0.3) is 0 Å². The fourth-order valence-electron chi connectivity index (χ4n) is 7.64. The summed E-state index contributed by atoms with van der Waals surface area (Å²) in [5.41, 5.74) is 5.59. The Hall–Kier alpha value is -2.13. The molecule has 2 aromatic carbocycles. The average molecular weight is 432 g/mol. The molecule has 2 atom stereocenters. The predicted octanol–water partition coefficient (Wildman–Crippen LogP) is 6.27. The summed E-state index contributed by atoms with van der Waals surface area (Å²) in [7, 11) is 0. The first kappa shape index (κ1) is 21.7. The second kappa shape index (κ2) is 8.33. The number of hydrogen-bond acceptors (Lipinski definition) is 3. The Kier molecular flexibility index (Phi) is 5.65. The first-order valence-corrected chi connectivity index (χ1v) is 12.6. The minimum absolute atomic E-state index is 0.160. The van der Waals surface area contributed by atoms with Gasteiger partial charge in [0.2, 0.25) is 0 Å². The molecule has 0 radical (unpaired) electrons. The van der Waals surface area contributed by atoms with E-state index in [4.69, 9.17) is 4.99 Å². The summed E-state index contributed by atoms with van der Waals surface area (Å²) in [5.74, 6) is 2.96. The zero-order valence-corrected chi connectivity index (χ0v) is 19.7. The largest absolute Gasteiger partial charge is 0.507 e. The van der Waals surface area contributed by atoms with Crippen LogP contribution in [-0.2, 0) is 11.8 Å². The van der Waals surface area contributed by atoms with E-state index in [0.717, 1.165) is 34.4 Å². The Morgan fingerprint density at radius 3 is 2.25 bits per heavy atom. The van der Waals surface area contributed by atoms with Crippen LogP contribution in [0.2, 0.25) is 0 Å². The molecule has 0 aliphatic heterocycles. The van der Waals surface area contributed by atoms with Crippen molar-refractivity contribution in [2.75, 3.05) is 0 Å². The number of aliphatic hydroxyl groups is 1. The molecule has 0 saturated heterocycles. The number of aryl methyl sites for hydroxylation is 1. The average Bonchev–Trinajstić information content (AvgIpc) is 3.09. The molecule has 4 saturated carbocycles. The number of phenols is 1. The number of nitrogens with zero attached hydrogens (tertiary/aromatic N) is 1. The zero-order valence-electron chi connectivity index (χ0n) is 19.7. The summed E-state index contributed by atoms with van der Waals surface area (Å²) in [6, 6.07) is 12.2. The molecule has 0 spiro atoms. The van der Waals surface area contributed by atoms with E-state index < -0.39 is 6.10 Å². The predicted molar refractivity (Wildman–Crippen MR) is 131 cm³/mol.